The van der Waals surface area contributed by atoms with Crippen LogP contribution in [0.2, 0.25) is 0 Å². The molecule has 1 unspecified atom stereocenters. The van der Waals surface area contributed by atoms with Crippen molar-refractivity contribution in [3.05, 3.63) is 11.6 Å². The molecule has 1 aromatic rings. The van der Waals surface area contributed by atoms with Gasteiger partial charge in [0.25, 0.3) is 0 Å². The highest BCUT2D eigenvalue weighted by Crippen LogP contribution is 2.30. The lowest BCUT2D eigenvalue weighted by Crippen LogP contribution is -2.16. The second-order valence-corrected chi connectivity index (χ2v) is 4.20. The lowest BCUT2D eigenvalue weighted by atomic mass is 9.89. The van der Waals surface area contributed by atoms with Crippen molar-refractivity contribution in [2.24, 2.45) is 5.73 Å². The number of H-pyrrole nitrogens is 1. The molecule has 4 N–H and O–H groups in total. The third-order valence-corrected chi connectivity index (χ3v) is 3.04. The van der Waals surface area contributed by atoms with Gasteiger partial charge in [0.2, 0.25) is 0 Å². The molecule has 5 heteroatoms. The third kappa shape index (κ3) is 2.35. The predicted octanol–water partition coefficient (Wildman–Crippen LogP) is 0.844. The van der Waals surface area contributed by atoms with E-state index in [0.717, 1.165) is 5.82 Å². The second kappa shape index (κ2) is 4.72. The van der Waals surface area contributed by atoms with Crippen LogP contribution in [0.25, 0.3) is 0 Å². The van der Waals surface area contributed by atoms with Crippen molar-refractivity contribution in [1.29, 1.82) is 0 Å². The Labute approximate surface area is 89.1 Å². The van der Waals surface area contributed by atoms with Crippen LogP contribution in [0.1, 0.15) is 55.7 Å². The quantitative estimate of drug-likeness (QED) is 0.690. The van der Waals surface area contributed by atoms with Crippen molar-refractivity contribution in [3.63, 3.8) is 0 Å². The summed E-state index contributed by atoms with van der Waals surface area (Å²) >= 11 is 0. The standard InChI is InChI=1S/C10H18N4O/c11-8(6-15)10-12-9(13-14-10)7-4-2-1-3-5-7/h7-8,15H,1-6,11H2,(H,12,13,14). The van der Waals surface area contributed by atoms with Crippen LogP contribution in [0.4, 0.5) is 0 Å². The third-order valence-electron chi connectivity index (χ3n) is 3.04. The first-order valence-corrected chi connectivity index (χ1v) is 5.60. The van der Waals surface area contributed by atoms with Crippen LogP contribution in [-0.4, -0.2) is 26.9 Å². The molecule has 1 saturated carbocycles. The molecule has 0 spiro atoms. The minimum atomic E-state index is -0.460. The van der Waals surface area contributed by atoms with Crippen LogP contribution >= 0.6 is 0 Å². The summed E-state index contributed by atoms with van der Waals surface area (Å²) in [6.45, 7) is -0.109. The summed E-state index contributed by atoms with van der Waals surface area (Å²) in [4.78, 5) is 4.35. The number of nitrogens with one attached hydrogen (secondary N) is 1. The minimum Gasteiger partial charge on any atom is -0.394 e. The van der Waals surface area contributed by atoms with Crippen molar-refractivity contribution >= 4 is 0 Å². The molecule has 5 nitrogen and oxygen atoms in total. The summed E-state index contributed by atoms with van der Waals surface area (Å²) in [7, 11) is 0. The number of rotatable bonds is 3. The Hall–Kier alpha value is -0.940. The number of hydrogen-bond acceptors (Lipinski definition) is 4. The lowest BCUT2D eigenvalue weighted by Gasteiger charge is -2.18. The van der Waals surface area contributed by atoms with E-state index in [0.29, 0.717) is 11.7 Å². The van der Waals surface area contributed by atoms with E-state index in [4.69, 9.17) is 10.8 Å². The van der Waals surface area contributed by atoms with Gasteiger partial charge >= 0.3 is 0 Å². The van der Waals surface area contributed by atoms with Crippen LogP contribution in [0.3, 0.4) is 0 Å². The maximum Gasteiger partial charge on any atom is 0.169 e. The molecule has 0 radical (unpaired) electrons. The smallest absolute Gasteiger partial charge is 0.169 e. The number of nitrogens with zero attached hydrogens (tertiary/aromatic N) is 2. The Kier molecular flexibility index (Phi) is 3.33. The van der Waals surface area contributed by atoms with Gasteiger partial charge in [0.1, 0.15) is 5.82 Å². The van der Waals surface area contributed by atoms with Crippen molar-refractivity contribution in [2.45, 2.75) is 44.1 Å². The first kappa shape index (κ1) is 10.6. The van der Waals surface area contributed by atoms with Gasteiger partial charge in [-0.25, -0.2) is 4.98 Å². The number of aliphatic hydroxyl groups is 1. The summed E-state index contributed by atoms with van der Waals surface area (Å²) in [6, 6.07) is -0.460. The van der Waals surface area contributed by atoms with Crippen LogP contribution in [-0.2, 0) is 0 Å². The van der Waals surface area contributed by atoms with Crippen molar-refractivity contribution in [2.75, 3.05) is 6.61 Å². The number of hydrogen-bond donors (Lipinski definition) is 3. The minimum absolute atomic E-state index is 0.109. The Morgan fingerprint density at radius 3 is 2.80 bits per heavy atom. The number of nitrogens with two attached hydrogens (primary N) is 1. The molecule has 0 bridgehead atoms. The molecule has 0 amide bonds. The van der Waals surface area contributed by atoms with Gasteiger partial charge in [-0.1, -0.05) is 19.3 Å². The second-order valence-electron chi connectivity index (χ2n) is 4.20. The topological polar surface area (TPSA) is 87.8 Å². The Balaban J connectivity index is 2.05. The van der Waals surface area contributed by atoms with E-state index < -0.39 is 6.04 Å². The van der Waals surface area contributed by atoms with Gasteiger partial charge in [0, 0.05) is 5.92 Å². The highest BCUT2D eigenvalue weighted by Gasteiger charge is 2.20. The molecule has 1 aliphatic rings. The molecular weight excluding hydrogens is 192 g/mol. The molecule has 0 saturated heterocycles. The molecule has 1 heterocycles. The molecule has 2 rings (SSSR count). The molecule has 0 aliphatic heterocycles. The summed E-state index contributed by atoms with van der Waals surface area (Å²) in [5.74, 6) is 1.97. The Morgan fingerprint density at radius 1 is 1.40 bits per heavy atom. The van der Waals surface area contributed by atoms with Gasteiger partial charge in [0.05, 0.1) is 12.6 Å². The van der Waals surface area contributed by atoms with Gasteiger partial charge in [-0.3, -0.25) is 5.10 Å². The van der Waals surface area contributed by atoms with Crippen LogP contribution in [0.5, 0.6) is 0 Å². The van der Waals surface area contributed by atoms with E-state index in [2.05, 4.69) is 15.2 Å². The zero-order chi connectivity index (χ0) is 10.7. The van der Waals surface area contributed by atoms with Gasteiger partial charge in [0.15, 0.2) is 5.82 Å². The van der Waals surface area contributed by atoms with Crippen molar-refractivity contribution in [1.82, 2.24) is 15.2 Å². The van der Waals surface area contributed by atoms with Crippen LogP contribution < -0.4 is 5.73 Å². The van der Waals surface area contributed by atoms with Crippen LogP contribution in [0, 0.1) is 0 Å². The largest absolute Gasteiger partial charge is 0.394 e. The monoisotopic (exact) mass is 210 g/mol. The Bertz CT molecular complexity index is 306. The highest BCUT2D eigenvalue weighted by molar-refractivity contribution is 5.01. The molecule has 15 heavy (non-hydrogen) atoms. The maximum atomic E-state index is 8.89. The van der Waals surface area contributed by atoms with E-state index in [1.54, 1.807) is 0 Å². The van der Waals surface area contributed by atoms with Crippen molar-refractivity contribution in [3.8, 4) is 0 Å². The zero-order valence-electron chi connectivity index (χ0n) is 8.82. The molecule has 1 aliphatic carbocycles. The molecule has 1 fully saturated rings. The van der Waals surface area contributed by atoms with Gasteiger partial charge in [-0.15, -0.1) is 0 Å². The van der Waals surface area contributed by atoms with E-state index in [1.165, 1.54) is 32.1 Å². The summed E-state index contributed by atoms with van der Waals surface area (Å²) in [6.07, 6.45) is 6.24. The first-order valence-electron chi connectivity index (χ1n) is 5.60. The summed E-state index contributed by atoms with van der Waals surface area (Å²) < 4.78 is 0. The van der Waals surface area contributed by atoms with E-state index >= 15 is 0 Å². The van der Waals surface area contributed by atoms with Gasteiger partial charge in [-0.05, 0) is 12.8 Å². The molecule has 84 valence electrons. The van der Waals surface area contributed by atoms with E-state index in [9.17, 15) is 0 Å². The Morgan fingerprint density at radius 2 is 2.13 bits per heavy atom. The zero-order valence-corrected chi connectivity index (χ0v) is 8.82. The predicted molar refractivity (Wildman–Crippen MR) is 56.2 cm³/mol. The average molecular weight is 210 g/mol. The number of aliphatic hydroxyl groups excluding tert-OH is 1. The van der Waals surface area contributed by atoms with Gasteiger partial charge in [-0.2, -0.15) is 5.10 Å². The number of aromatic nitrogens is 3. The van der Waals surface area contributed by atoms with Crippen molar-refractivity contribution < 1.29 is 5.11 Å². The average Bonchev–Trinajstić information content (AvgIpc) is 2.78. The maximum absolute atomic E-state index is 8.89. The number of aromatic amines is 1. The van der Waals surface area contributed by atoms with Gasteiger partial charge < -0.3 is 10.8 Å². The molecule has 1 aromatic heterocycles. The molecular formula is C10H18N4O. The first-order chi connectivity index (χ1) is 7.31. The summed E-state index contributed by atoms with van der Waals surface area (Å²) in [5.41, 5.74) is 5.64. The summed E-state index contributed by atoms with van der Waals surface area (Å²) in [5, 5.41) is 15.9. The molecule has 1 atom stereocenters. The van der Waals surface area contributed by atoms with Crippen LogP contribution in [0.15, 0.2) is 0 Å². The molecule has 0 aromatic carbocycles. The van der Waals surface area contributed by atoms with E-state index in [1.807, 2.05) is 0 Å². The fourth-order valence-electron chi connectivity index (χ4n) is 2.09. The normalized spacial score (nSPS) is 20.4. The lowest BCUT2D eigenvalue weighted by molar-refractivity contribution is 0.263. The van der Waals surface area contributed by atoms with E-state index in [-0.39, 0.29) is 6.61 Å². The fraction of sp³-hybridized carbons (Fsp3) is 0.800. The fourth-order valence-corrected chi connectivity index (χ4v) is 2.09. The highest BCUT2D eigenvalue weighted by atomic mass is 16.3. The SMILES string of the molecule is NC(CO)c1n[nH]c(C2CCCCC2)n1.